The number of anilines is 1. The Morgan fingerprint density at radius 3 is 2.33 bits per heavy atom. The number of rotatable bonds is 3. The largest absolute Gasteiger partial charge is 1.00 e. The molecule has 5 nitrogen and oxygen atoms in total. The molecule has 1 aromatic carbocycles. The number of aliphatic carboxylic acids is 1. The average molecular weight is 231 g/mol. The molecule has 74 valence electrons. The monoisotopic (exact) mass is 231 g/mol. The Kier molecular flexibility index (Phi) is 6.78. The molecule has 0 atom stereocenters. The second kappa shape index (κ2) is 6.97. The molecule has 0 spiro atoms. The molecule has 0 aliphatic carbocycles. The fraction of sp³-hybridized carbons (Fsp3) is 0.111. The van der Waals surface area contributed by atoms with E-state index in [1.54, 1.807) is 30.3 Å². The van der Waals surface area contributed by atoms with Crippen LogP contribution >= 0.6 is 0 Å². The molecule has 3 N–H and O–H groups in total. The van der Waals surface area contributed by atoms with Crippen LogP contribution in [0, 0.1) is 5.41 Å². The molecule has 0 bridgehead atoms. The Balaban J connectivity index is 0.00000196. The second-order valence-electron chi connectivity index (χ2n) is 2.68. The van der Waals surface area contributed by atoms with E-state index in [-0.39, 0.29) is 57.3 Å². The summed E-state index contributed by atoms with van der Waals surface area (Å²) in [6.07, 6.45) is 0. The minimum atomic E-state index is -1.27. The first-order chi connectivity index (χ1) is 6.61. The predicted octanol–water partition coefficient (Wildman–Crippen LogP) is -3.86. The van der Waals surface area contributed by atoms with E-state index in [0.29, 0.717) is 5.69 Å². The van der Waals surface area contributed by atoms with Gasteiger partial charge in [0, 0.05) is 5.69 Å². The maximum Gasteiger partial charge on any atom is 1.00 e. The first kappa shape index (κ1) is 14.6. The van der Waals surface area contributed by atoms with Crippen LogP contribution in [0.15, 0.2) is 30.3 Å². The molecule has 0 aliphatic rings. The number of carboxylic acids is 1. The Morgan fingerprint density at radius 1 is 1.40 bits per heavy atom. The van der Waals surface area contributed by atoms with Crippen molar-refractivity contribution in [3.05, 3.63) is 30.3 Å². The summed E-state index contributed by atoms with van der Waals surface area (Å²) in [6.45, 7) is -0.417. The van der Waals surface area contributed by atoms with E-state index in [9.17, 15) is 9.90 Å². The number of guanidine groups is 1. The Hall–Kier alpha value is -0.404. The molecule has 1 rings (SSSR count). The maximum absolute atomic E-state index is 10.4. The van der Waals surface area contributed by atoms with Crippen LogP contribution in [-0.4, -0.2) is 18.5 Å². The van der Waals surface area contributed by atoms with Gasteiger partial charge in [0.25, 0.3) is 0 Å². The molecule has 0 saturated heterocycles. The van der Waals surface area contributed by atoms with Gasteiger partial charge in [-0.2, -0.15) is 0 Å². The fourth-order valence-corrected chi connectivity index (χ4v) is 1.05. The van der Waals surface area contributed by atoms with Crippen LogP contribution in [0.1, 0.15) is 0 Å². The van der Waals surface area contributed by atoms with E-state index in [1.807, 2.05) is 0 Å². The average Bonchev–Trinajstić information content (AvgIpc) is 2.15. The van der Waals surface area contributed by atoms with Gasteiger partial charge in [0.15, 0.2) is 5.96 Å². The summed E-state index contributed by atoms with van der Waals surface area (Å²) in [5.41, 5.74) is 5.79. The van der Waals surface area contributed by atoms with Crippen molar-refractivity contribution in [1.29, 1.82) is 5.41 Å². The molecule has 0 radical (unpaired) electrons. The predicted molar refractivity (Wildman–Crippen MR) is 50.7 cm³/mol. The first-order valence-corrected chi connectivity index (χ1v) is 3.97. The number of hydrogen-bond donors (Lipinski definition) is 2. The van der Waals surface area contributed by atoms with E-state index in [0.717, 1.165) is 4.90 Å². The second-order valence-corrected chi connectivity index (χ2v) is 2.68. The van der Waals surface area contributed by atoms with Crippen molar-refractivity contribution in [2.24, 2.45) is 5.73 Å². The standard InChI is InChI=1S/C9H11N3O2.K/c10-9(11)12(6-8(13)14)7-4-2-1-3-5-7;/h1-5H,6H2,(H3,10,11)(H,13,14);/q;+1/p-1. The van der Waals surface area contributed by atoms with Crippen molar-refractivity contribution < 1.29 is 61.3 Å². The van der Waals surface area contributed by atoms with Gasteiger partial charge in [0.05, 0.1) is 12.5 Å². The summed E-state index contributed by atoms with van der Waals surface area (Å²) in [7, 11) is 0. The van der Waals surface area contributed by atoms with Gasteiger partial charge in [-0.05, 0) is 12.1 Å². The summed E-state index contributed by atoms with van der Waals surface area (Å²) < 4.78 is 0. The fourth-order valence-electron chi connectivity index (χ4n) is 1.05. The topological polar surface area (TPSA) is 93.2 Å². The van der Waals surface area contributed by atoms with Crippen molar-refractivity contribution in [2.45, 2.75) is 0 Å². The molecule has 0 aliphatic heterocycles. The Bertz CT molecular complexity index is 342. The third kappa shape index (κ3) is 4.76. The van der Waals surface area contributed by atoms with Crippen LogP contribution in [0.5, 0.6) is 0 Å². The molecule has 0 aromatic heterocycles. The third-order valence-electron chi connectivity index (χ3n) is 1.65. The van der Waals surface area contributed by atoms with E-state index < -0.39 is 12.5 Å². The molecular weight excluding hydrogens is 221 g/mol. The molecule has 15 heavy (non-hydrogen) atoms. The van der Waals surface area contributed by atoms with Crippen LogP contribution in [0.2, 0.25) is 0 Å². The van der Waals surface area contributed by atoms with E-state index in [4.69, 9.17) is 11.1 Å². The van der Waals surface area contributed by atoms with E-state index in [2.05, 4.69) is 0 Å². The number of benzene rings is 1. The van der Waals surface area contributed by atoms with Crippen LogP contribution in [0.4, 0.5) is 5.69 Å². The minimum absolute atomic E-state index is 0. The first-order valence-electron chi connectivity index (χ1n) is 3.97. The van der Waals surface area contributed by atoms with Gasteiger partial charge in [0.2, 0.25) is 0 Å². The quantitative estimate of drug-likeness (QED) is 0.316. The van der Waals surface area contributed by atoms with Crippen LogP contribution in [0.25, 0.3) is 0 Å². The molecule has 0 saturated carbocycles. The van der Waals surface area contributed by atoms with Crippen LogP contribution < -0.4 is 67.1 Å². The van der Waals surface area contributed by atoms with E-state index >= 15 is 0 Å². The van der Waals surface area contributed by atoms with Crippen molar-refractivity contribution in [2.75, 3.05) is 11.4 Å². The maximum atomic E-state index is 10.4. The smallest absolute Gasteiger partial charge is 0.548 e. The third-order valence-corrected chi connectivity index (χ3v) is 1.65. The number of hydrogen-bond acceptors (Lipinski definition) is 3. The van der Waals surface area contributed by atoms with E-state index in [1.165, 1.54) is 0 Å². The van der Waals surface area contributed by atoms with Gasteiger partial charge in [0.1, 0.15) is 0 Å². The number of nitrogens with one attached hydrogen (secondary N) is 1. The normalized spacial score (nSPS) is 8.80. The molecule has 0 amide bonds. The molecule has 0 unspecified atom stereocenters. The molecule has 0 heterocycles. The van der Waals surface area contributed by atoms with Crippen molar-refractivity contribution in [3.8, 4) is 0 Å². The number of carbonyl (C=O) groups excluding carboxylic acids is 1. The Labute approximate surface area is 130 Å². The van der Waals surface area contributed by atoms with Crippen molar-refractivity contribution >= 4 is 17.6 Å². The Morgan fingerprint density at radius 2 is 1.93 bits per heavy atom. The summed E-state index contributed by atoms with van der Waals surface area (Å²) in [5, 5.41) is 17.6. The SMILES string of the molecule is N=C(N)N(CC(=O)[O-])c1ccccc1.[K+]. The van der Waals surface area contributed by atoms with Gasteiger partial charge in [-0.25, -0.2) is 0 Å². The molecule has 1 aromatic rings. The summed E-state index contributed by atoms with van der Waals surface area (Å²) in [5.74, 6) is -1.59. The van der Waals surface area contributed by atoms with Crippen LogP contribution in [-0.2, 0) is 4.79 Å². The summed E-state index contributed by atoms with van der Waals surface area (Å²) in [6, 6.07) is 8.61. The number of carboxylic acid groups (broad SMARTS) is 1. The van der Waals surface area contributed by atoms with Gasteiger partial charge >= 0.3 is 51.4 Å². The molecular formula is C9H10KN3O2. The number of para-hydroxylation sites is 1. The van der Waals surface area contributed by atoms with Crippen molar-refractivity contribution in [1.82, 2.24) is 0 Å². The van der Waals surface area contributed by atoms with Crippen LogP contribution in [0.3, 0.4) is 0 Å². The van der Waals surface area contributed by atoms with Gasteiger partial charge in [-0.15, -0.1) is 0 Å². The number of nitrogens with two attached hydrogens (primary N) is 1. The zero-order valence-electron chi connectivity index (χ0n) is 8.43. The molecule has 6 heteroatoms. The molecule has 0 fully saturated rings. The summed E-state index contributed by atoms with van der Waals surface area (Å²) >= 11 is 0. The van der Waals surface area contributed by atoms with Gasteiger partial charge in [-0.1, -0.05) is 18.2 Å². The number of nitrogens with zero attached hydrogens (tertiary/aromatic N) is 1. The van der Waals surface area contributed by atoms with Crippen molar-refractivity contribution in [3.63, 3.8) is 0 Å². The van der Waals surface area contributed by atoms with Gasteiger partial charge in [-0.3, -0.25) is 5.41 Å². The minimum Gasteiger partial charge on any atom is -0.548 e. The summed E-state index contributed by atoms with van der Waals surface area (Å²) in [4.78, 5) is 11.5. The zero-order chi connectivity index (χ0) is 10.6. The van der Waals surface area contributed by atoms with Gasteiger partial charge < -0.3 is 20.5 Å². The zero-order valence-corrected chi connectivity index (χ0v) is 11.6. The number of carbonyl (C=O) groups is 1.